The van der Waals surface area contributed by atoms with Gasteiger partial charge in [-0.25, -0.2) is 4.98 Å². The molecule has 9 nitrogen and oxygen atoms in total. The lowest BCUT2D eigenvalue weighted by Crippen LogP contribution is -2.52. The van der Waals surface area contributed by atoms with Crippen molar-refractivity contribution in [1.29, 1.82) is 0 Å². The zero-order valence-corrected chi connectivity index (χ0v) is 25.9. The van der Waals surface area contributed by atoms with Crippen LogP contribution in [0.2, 0.25) is 0 Å². The van der Waals surface area contributed by atoms with Crippen LogP contribution in [-0.2, 0) is 23.9 Å². The fraction of sp³-hybridized carbons (Fsp3) is 0.441. The van der Waals surface area contributed by atoms with Gasteiger partial charge in [0.1, 0.15) is 6.54 Å². The molecule has 2 amide bonds. The minimum atomic E-state index is -4.68. The Morgan fingerprint density at radius 1 is 1.07 bits per heavy atom. The number of piperazine rings is 1. The van der Waals surface area contributed by atoms with Gasteiger partial charge in [-0.1, -0.05) is 37.8 Å². The van der Waals surface area contributed by atoms with Crippen molar-refractivity contribution in [2.75, 3.05) is 26.2 Å². The van der Waals surface area contributed by atoms with E-state index in [0.29, 0.717) is 55.4 Å². The number of benzene rings is 1. The topological polar surface area (TPSA) is 88.6 Å². The maximum atomic E-state index is 13.8. The number of aryl methyl sites for hydroxylation is 1. The Kier molecular flexibility index (Phi) is 8.59. The molecule has 4 aromatic rings. The highest BCUT2D eigenvalue weighted by atomic mass is 19.4. The van der Waals surface area contributed by atoms with Crippen LogP contribution >= 0.6 is 0 Å². The van der Waals surface area contributed by atoms with Gasteiger partial charge in [0.25, 0.3) is 5.91 Å². The summed E-state index contributed by atoms with van der Waals surface area (Å²) in [6.45, 7) is 6.04. The van der Waals surface area contributed by atoms with Crippen molar-refractivity contribution in [2.24, 2.45) is 11.8 Å². The summed E-state index contributed by atoms with van der Waals surface area (Å²) in [4.78, 5) is 39.2. The van der Waals surface area contributed by atoms with Crippen molar-refractivity contribution in [1.82, 2.24) is 33.9 Å². The molecule has 0 radical (unpaired) electrons. The van der Waals surface area contributed by atoms with Crippen molar-refractivity contribution >= 4 is 17.5 Å². The Morgan fingerprint density at radius 2 is 1.80 bits per heavy atom. The molecule has 1 aliphatic heterocycles. The number of rotatable bonds is 6. The molecule has 1 saturated heterocycles. The first kappa shape index (κ1) is 31.3. The number of hydrogen-bond donors (Lipinski definition) is 0. The molecule has 2 atom stereocenters. The van der Waals surface area contributed by atoms with Gasteiger partial charge in [-0.3, -0.25) is 23.7 Å². The highest BCUT2D eigenvalue weighted by Crippen LogP contribution is 2.37. The maximum Gasteiger partial charge on any atom is 0.435 e. The molecule has 0 bridgehead atoms. The van der Waals surface area contributed by atoms with Crippen LogP contribution in [0.15, 0.2) is 43.0 Å². The molecule has 0 spiro atoms. The second-order valence-electron chi connectivity index (χ2n) is 12.3. The third-order valence-electron chi connectivity index (χ3n) is 9.26. The standard InChI is InChI=1S/C34H36F3N7O2/c1-4-12-43-21-27(30(40-43)34(35,36)37)29-20-39-31-28(38-11-13-44(29)31)19-24-9-10-26(23(3)18-24)33(46)42-16-14-41(15-17-42)32(45)25-8-6-5-7-22(25)2/h1,9-11,13,18,20-22,25H,5-8,12,14-17,19H2,2-3H3/t22-,25+/m0/s1. The molecular weight excluding hydrogens is 595 g/mol. The number of hydrogen-bond acceptors (Lipinski definition) is 5. The summed E-state index contributed by atoms with van der Waals surface area (Å²) in [7, 11) is 0. The van der Waals surface area contributed by atoms with E-state index >= 15 is 0 Å². The molecule has 1 aliphatic carbocycles. The van der Waals surface area contributed by atoms with Gasteiger partial charge >= 0.3 is 6.18 Å². The molecular formula is C34H36F3N7O2. The summed E-state index contributed by atoms with van der Waals surface area (Å²) in [5, 5.41) is 3.67. The Balaban J connectivity index is 1.16. The maximum absolute atomic E-state index is 13.8. The van der Waals surface area contributed by atoms with Gasteiger partial charge in [-0.15, -0.1) is 6.42 Å². The molecule has 0 N–H and O–H groups in total. The van der Waals surface area contributed by atoms with Crippen LogP contribution in [0.1, 0.15) is 65.5 Å². The van der Waals surface area contributed by atoms with Crippen molar-refractivity contribution in [3.05, 3.63) is 71.1 Å². The van der Waals surface area contributed by atoms with Crippen molar-refractivity contribution in [3.8, 4) is 23.6 Å². The summed E-state index contributed by atoms with van der Waals surface area (Å²) in [6.07, 6.45) is 11.1. The number of alkyl halides is 3. The molecule has 240 valence electrons. The summed E-state index contributed by atoms with van der Waals surface area (Å²) in [5.74, 6) is 2.98. The van der Waals surface area contributed by atoms with E-state index in [4.69, 9.17) is 6.42 Å². The average molecular weight is 632 g/mol. The molecule has 2 aliphatic rings. The quantitative estimate of drug-likeness (QED) is 0.271. The second kappa shape index (κ2) is 12.6. The van der Waals surface area contributed by atoms with E-state index in [1.807, 2.05) is 28.9 Å². The van der Waals surface area contributed by atoms with Crippen LogP contribution in [0.3, 0.4) is 0 Å². The van der Waals surface area contributed by atoms with E-state index in [-0.39, 0.29) is 35.5 Å². The molecule has 3 aromatic heterocycles. The summed E-state index contributed by atoms with van der Waals surface area (Å²) >= 11 is 0. The van der Waals surface area contributed by atoms with Crippen LogP contribution in [0.4, 0.5) is 13.2 Å². The third-order valence-corrected chi connectivity index (χ3v) is 9.26. The molecule has 12 heteroatoms. The first-order valence-electron chi connectivity index (χ1n) is 15.6. The fourth-order valence-electron chi connectivity index (χ4n) is 6.78. The van der Waals surface area contributed by atoms with Gasteiger partial charge in [0.05, 0.1) is 23.1 Å². The van der Waals surface area contributed by atoms with Crippen LogP contribution in [0, 0.1) is 31.1 Å². The summed E-state index contributed by atoms with van der Waals surface area (Å²) in [5.41, 5.74) is 2.35. The first-order chi connectivity index (χ1) is 22.0. The highest BCUT2D eigenvalue weighted by Gasteiger charge is 2.38. The normalized spacial score (nSPS) is 19.0. The molecule has 4 heterocycles. The van der Waals surface area contributed by atoms with E-state index in [1.165, 1.54) is 25.0 Å². The molecule has 0 unspecified atom stereocenters. The number of carbonyl (C=O) groups excluding carboxylic acids is 2. The molecule has 6 rings (SSSR count). The lowest BCUT2D eigenvalue weighted by atomic mass is 9.79. The Morgan fingerprint density at radius 3 is 2.50 bits per heavy atom. The van der Waals surface area contributed by atoms with E-state index in [9.17, 15) is 22.8 Å². The van der Waals surface area contributed by atoms with Crippen LogP contribution < -0.4 is 0 Å². The van der Waals surface area contributed by atoms with Crippen LogP contribution in [-0.4, -0.2) is 71.9 Å². The van der Waals surface area contributed by atoms with Crippen molar-refractivity contribution in [2.45, 2.75) is 58.7 Å². The summed E-state index contributed by atoms with van der Waals surface area (Å²) in [6, 6.07) is 5.60. The number of imidazole rings is 1. The van der Waals surface area contributed by atoms with Gasteiger partial charge in [0.2, 0.25) is 5.91 Å². The fourth-order valence-corrected chi connectivity index (χ4v) is 6.78. The molecule has 46 heavy (non-hydrogen) atoms. The van der Waals surface area contributed by atoms with E-state index in [2.05, 4.69) is 27.9 Å². The lowest BCUT2D eigenvalue weighted by molar-refractivity contribution is -0.141. The van der Waals surface area contributed by atoms with E-state index in [0.717, 1.165) is 35.1 Å². The smallest absolute Gasteiger partial charge is 0.339 e. The average Bonchev–Trinajstić information content (AvgIpc) is 3.66. The van der Waals surface area contributed by atoms with Gasteiger partial charge in [-0.2, -0.15) is 18.3 Å². The predicted octanol–water partition coefficient (Wildman–Crippen LogP) is 5.25. The highest BCUT2D eigenvalue weighted by molar-refractivity contribution is 5.96. The summed E-state index contributed by atoms with van der Waals surface area (Å²) < 4.78 is 44.1. The van der Waals surface area contributed by atoms with Gasteiger partial charge in [0.15, 0.2) is 11.3 Å². The monoisotopic (exact) mass is 631 g/mol. The predicted molar refractivity (Wildman–Crippen MR) is 166 cm³/mol. The number of fused-ring (bicyclic) bond motifs is 1. The van der Waals surface area contributed by atoms with E-state index < -0.39 is 11.9 Å². The minimum absolute atomic E-state index is 0.0637. The molecule has 2 fully saturated rings. The Labute approximate surface area is 265 Å². The van der Waals surface area contributed by atoms with Crippen molar-refractivity contribution < 1.29 is 22.8 Å². The SMILES string of the molecule is C#CCn1cc(-c2cnc3c(Cc4ccc(C(=O)N5CCN(C(=O)[C@@H]6CCCC[C@@H]6C)CC5)c(C)c4)nccn23)c(C(F)(F)F)n1. The largest absolute Gasteiger partial charge is 0.435 e. The van der Waals surface area contributed by atoms with Crippen molar-refractivity contribution in [3.63, 3.8) is 0 Å². The Hall–Kier alpha value is -4.66. The first-order valence-corrected chi connectivity index (χ1v) is 15.6. The minimum Gasteiger partial charge on any atom is -0.339 e. The number of nitrogens with zero attached hydrogens (tertiary/aromatic N) is 7. The molecule has 1 saturated carbocycles. The molecule has 1 aromatic carbocycles. The second-order valence-corrected chi connectivity index (χ2v) is 12.3. The van der Waals surface area contributed by atoms with Crippen LogP contribution in [0.25, 0.3) is 16.9 Å². The number of halogens is 3. The number of amides is 2. The number of aromatic nitrogens is 5. The number of carbonyl (C=O) groups is 2. The lowest BCUT2D eigenvalue weighted by Gasteiger charge is -2.38. The Bertz CT molecular complexity index is 1810. The van der Waals surface area contributed by atoms with Gasteiger partial charge in [0, 0.05) is 62.7 Å². The van der Waals surface area contributed by atoms with Gasteiger partial charge in [-0.05, 0) is 42.9 Å². The number of terminal acetylenes is 1. The zero-order valence-electron chi connectivity index (χ0n) is 25.9. The van der Waals surface area contributed by atoms with Crippen LogP contribution in [0.5, 0.6) is 0 Å². The van der Waals surface area contributed by atoms with Gasteiger partial charge < -0.3 is 9.80 Å². The third kappa shape index (κ3) is 6.10. The zero-order chi connectivity index (χ0) is 32.6. The van der Waals surface area contributed by atoms with E-state index in [1.54, 1.807) is 16.7 Å².